The quantitative estimate of drug-likeness (QED) is 0.577. The van der Waals surface area contributed by atoms with Crippen molar-refractivity contribution in [2.75, 3.05) is 40.4 Å². The third-order valence-corrected chi connectivity index (χ3v) is 2.75. The molecule has 1 unspecified atom stereocenters. The van der Waals surface area contributed by atoms with Crippen molar-refractivity contribution in [2.45, 2.75) is 32.2 Å². The fourth-order valence-corrected chi connectivity index (χ4v) is 1.86. The second kappa shape index (κ2) is 10.5. The maximum absolute atomic E-state index is 11.5. The van der Waals surface area contributed by atoms with Gasteiger partial charge in [-0.25, -0.2) is 0 Å². The highest BCUT2D eigenvalue weighted by Crippen LogP contribution is 2.08. The van der Waals surface area contributed by atoms with E-state index < -0.39 is 0 Å². The Bertz CT molecular complexity index is 200. The Morgan fingerprint density at radius 3 is 2.71 bits per heavy atom. The van der Waals surface area contributed by atoms with E-state index in [1.165, 1.54) is 0 Å². The Morgan fingerprint density at radius 2 is 2.24 bits per heavy atom. The fourth-order valence-electron chi connectivity index (χ4n) is 1.86. The molecule has 0 spiro atoms. The lowest BCUT2D eigenvalue weighted by molar-refractivity contribution is -0.122. The summed E-state index contributed by atoms with van der Waals surface area (Å²) in [5.41, 5.74) is 5.54. The van der Waals surface area contributed by atoms with Crippen molar-refractivity contribution in [3.8, 4) is 0 Å². The maximum atomic E-state index is 11.5. The van der Waals surface area contributed by atoms with Crippen LogP contribution in [-0.4, -0.2) is 57.2 Å². The molecule has 0 aromatic carbocycles. The van der Waals surface area contributed by atoms with E-state index in [9.17, 15) is 4.79 Å². The van der Waals surface area contributed by atoms with Gasteiger partial charge in [0.25, 0.3) is 0 Å². The predicted octanol–water partition coefficient (Wildman–Crippen LogP) is 0.198. The largest absolute Gasteiger partial charge is 0.383 e. The Hall–Kier alpha value is -0.650. The van der Waals surface area contributed by atoms with Crippen molar-refractivity contribution in [3.05, 3.63) is 0 Å². The van der Waals surface area contributed by atoms with Gasteiger partial charge in [-0.1, -0.05) is 6.92 Å². The molecule has 0 aliphatic rings. The van der Waals surface area contributed by atoms with E-state index in [1.54, 1.807) is 14.2 Å². The molecule has 0 saturated heterocycles. The number of rotatable bonds is 10. The first-order valence-electron chi connectivity index (χ1n) is 6.33. The molecule has 102 valence electrons. The Kier molecular flexibility index (Phi) is 10.1. The molecule has 17 heavy (non-hydrogen) atoms. The summed E-state index contributed by atoms with van der Waals surface area (Å²) >= 11 is 0. The molecule has 0 rings (SSSR count). The number of nitrogens with two attached hydrogens (primary N) is 1. The van der Waals surface area contributed by atoms with E-state index in [2.05, 4.69) is 17.1 Å². The number of likely N-dealkylation sites (N-methyl/N-ethyl adjacent to an activating group) is 1. The molecule has 0 saturated carbocycles. The Labute approximate surface area is 105 Å². The zero-order valence-electron chi connectivity index (χ0n) is 11.4. The third kappa shape index (κ3) is 7.31. The molecule has 1 amide bonds. The second-order valence-corrected chi connectivity index (χ2v) is 4.18. The second-order valence-electron chi connectivity index (χ2n) is 4.18. The number of hydrogen-bond donors (Lipinski definition) is 2. The van der Waals surface area contributed by atoms with Crippen molar-refractivity contribution in [1.29, 1.82) is 0 Å². The van der Waals surface area contributed by atoms with Gasteiger partial charge in [0.2, 0.25) is 5.91 Å². The molecule has 0 heterocycles. The van der Waals surface area contributed by atoms with Crippen molar-refractivity contribution in [3.63, 3.8) is 0 Å². The van der Waals surface area contributed by atoms with Crippen LogP contribution in [-0.2, 0) is 9.53 Å². The minimum absolute atomic E-state index is 0.0484. The first-order valence-corrected chi connectivity index (χ1v) is 6.33. The minimum Gasteiger partial charge on any atom is -0.383 e. The summed E-state index contributed by atoms with van der Waals surface area (Å²) in [4.78, 5) is 13.6. The zero-order chi connectivity index (χ0) is 13.1. The number of ether oxygens (including phenoxy) is 1. The normalized spacial score (nSPS) is 12.8. The van der Waals surface area contributed by atoms with Gasteiger partial charge in [0.15, 0.2) is 0 Å². The van der Waals surface area contributed by atoms with Crippen molar-refractivity contribution < 1.29 is 9.53 Å². The van der Waals surface area contributed by atoms with Crippen LogP contribution < -0.4 is 11.1 Å². The molecular formula is C12H27N3O2. The number of carbonyl (C=O) groups excluding carboxylic acids is 1. The van der Waals surface area contributed by atoms with Crippen LogP contribution in [0.15, 0.2) is 0 Å². The number of nitrogens with one attached hydrogen (secondary N) is 1. The van der Waals surface area contributed by atoms with E-state index in [-0.39, 0.29) is 11.9 Å². The first-order chi connectivity index (χ1) is 8.19. The monoisotopic (exact) mass is 245 g/mol. The van der Waals surface area contributed by atoms with Gasteiger partial charge in [-0.3, -0.25) is 9.69 Å². The van der Waals surface area contributed by atoms with E-state index in [1.807, 2.05) is 0 Å². The van der Waals surface area contributed by atoms with Gasteiger partial charge in [-0.2, -0.15) is 0 Å². The van der Waals surface area contributed by atoms with E-state index in [4.69, 9.17) is 10.5 Å². The van der Waals surface area contributed by atoms with Crippen LogP contribution >= 0.6 is 0 Å². The molecule has 1 atom stereocenters. The summed E-state index contributed by atoms with van der Waals surface area (Å²) < 4.78 is 5.23. The van der Waals surface area contributed by atoms with Crippen LogP contribution in [0.4, 0.5) is 0 Å². The van der Waals surface area contributed by atoms with Gasteiger partial charge in [0.05, 0.1) is 13.2 Å². The van der Waals surface area contributed by atoms with E-state index in [0.29, 0.717) is 19.7 Å². The molecule has 0 fully saturated rings. The van der Waals surface area contributed by atoms with Crippen LogP contribution in [0.5, 0.6) is 0 Å². The molecule has 0 aromatic heterocycles. The standard InChI is InChI=1S/C12H27N3O2/c1-4-8-15(9-12(16)14-2)11(10-17-3)6-5-7-13/h11H,4-10,13H2,1-3H3,(H,14,16). The lowest BCUT2D eigenvalue weighted by Crippen LogP contribution is -2.44. The summed E-state index contributed by atoms with van der Waals surface area (Å²) in [6.07, 6.45) is 2.96. The molecule has 5 nitrogen and oxygen atoms in total. The SMILES string of the molecule is CCCN(CC(=O)NC)C(CCCN)COC. The molecule has 3 N–H and O–H groups in total. The van der Waals surface area contributed by atoms with Crippen LogP contribution in [0.25, 0.3) is 0 Å². The lowest BCUT2D eigenvalue weighted by Gasteiger charge is -2.30. The van der Waals surface area contributed by atoms with Crippen molar-refractivity contribution >= 4 is 5.91 Å². The summed E-state index contributed by atoms with van der Waals surface area (Å²) in [7, 11) is 3.36. The van der Waals surface area contributed by atoms with E-state index in [0.717, 1.165) is 25.8 Å². The maximum Gasteiger partial charge on any atom is 0.233 e. The fraction of sp³-hybridized carbons (Fsp3) is 0.917. The van der Waals surface area contributed by atoms with Gasteiger partial charge >= 0.3 is 0 Å². The smallest absolute Gasteiger partial charge is 0.233 e. The lowest BCUT2D eigenvalue weighted by atomic mass is 10.1. The van der Waals surface area contributed by atoms with Gasteiger partial charge in [0.1, 0.15) is 0 Å². The zero-order valence-corrected chi connectivity index (χ0v) is 11.4. The summed E-state index contributed by atoms with van der Waals surface area (Å²) in [6, 6.07) is 0.279. The van der Waals surface area contributed by atoms with Crippen LogP contribution in [0.1, 0.15) is 26.2 Å². The van der Waals surface area contributed by atoms with Crippen molar-refractivity contribution in [1.82, 2.24) is 10.2 Å². The van der Waals surface area contributed by atoms with Crippen LogP contribution in [0.2, 0.25) is 0 Å². The molecule has 0 aromatic rings. The molecule has 0 radical (unpaired) electrons. The van der Waals surface area contributed by atoms with Gasteiger partial charge in [-0.15, -0.1) is 0 Å². The van der Waals surface area contributed by atoms with Crippen molar-refractivity contribution in [2.24, 2.45) is 5.73 Å². The minimum atomic E-state index is 0.0484. The Morgan fingerprint density at radius 1 is 1.53 bits per heavy atom. The molecule has 0 aliphatic heterocycles. The molecule has 0 bridgehead atoms. The van der Waals surface area contributed by atoms with Gasteiger partial charge in [0, 0.05) is 20.2 Å². The number of hydrogen-bond acceptors (Lipinski definition) is 4. The van der Waals surface area contributed by atoms with Crippen LogP contribution in [0, 0.1) is 0 Å². The Balaban J connectivity index is 4.39. The van der Waals surface area contributed by atoms with Crippen LogP contribution in [0.3, 0.4) is 0 Å². The first kappa shape index (κ1) is 16.4. The highest BCUT2D eigenvalue weighted by atomic mass is 16.5. The van der Waals surface area contributed by atoms with E-state index >= 15 is 0 Å². The topological polar surface area (TPSA) is 67.6 Å². The summed E-state index contributed by atoms with van der Waals surface area (Å²) in [5, 5.41) is 2.66. The number of amides is 1. The molecule has 0 aliphatic carbocycles. The van der Waals surface area contributed by atoms with Gasteiger partial charge in [-0.05, 0) is 32.4 Å². The summed E-state index contributed by atoms with van der Waals surface area (Å²) in [5.74, 6) is 0.0484. The van der Waals surface area contributed by atoms with Gasteiger partial charge < -0.3 is 15.8 Å². The average molecular weight is 245 g/mol. The predicted molar refractivity (Wildman–Crippen MR) is 69.9 cm³/mol. The molecular weight excluding hydrogens is 218 g/mol. The highest BCUT2D eigenvalue weighted by molar-refractivity contribution is 5.77. The number of carbonyl (C=O) groups is 1. The highest BCUT2D eigenvalue weighted by Gasteiger charge is 2.19. The average Bonchev–Trinajstić information content (AvgIpc) is 2.33. The third-order valence-electron chi connectivity index (χ3n) is 2.75. The number of nitrogens with zero attached hydrogens (tertiary/aromatic N) is 1. The number of methoxy groups -OCH3 is 1. The molecule has 5 heteroatoms. The summed E-state index contributed by atoms with van der Waals surface area (Å²) in [6.45, 7) is 4.79.